The van der Waals surface area contributed by atoms with Gasteiger partial charge < -0.3 is 21.1 Å². The lowest BCUT2D eigenvalue weighted by Gasteiger charge is -2.23. The van der Waals surface area contributed by atoms with Crippen molar-refractivity contribution in [3.05, 3.63) is 23.8 Å². The lowest BCUT2D eigenvalue weighted by Crippen LogP contribution is -2.34. The molecule has 0 radical (unpaired) electrons. The summed E-state index contributed by atoms with van der Waals surface area (Å²) in [6.07, 6.45) is 0. The number of rotatable bonds is 6. The summed E-state index contributed by atoms with van der Waals surface area (Å²) in [5, 5.41) is 0. The molecule has 0 atom stereocenters. The van der Waals surface area contributed by atoms with Crippen molar-refractivity contribution in [1.82, 2.24) is 0 Å². The summed E-state index contributed by atoms with van der Waals surface area (Å²) >= 11 is 0. The molecule has 1 aromatic carbocycles. The van der Waals surface area contributed by atoms with Gasteiger partial charge in [0.2, 0.25) is 5.91 Å². The first-order chi connectivity index (χ1) is 8.99. The van der Waals surface area contributed by atoms with E-state index in [-0.39, 0.29) is 13.2 Å². The first-order valence-corrected chi connectivity index (χ1v) is 6.09. The van der Waals surface area contributed by atoms with Crippen LogP contribution in [0.15, 0.2) is 18.2 Å². The van der Waals surface area contributed by atoms with Crippen molar-refractivity contribution < 1.29 is 14.3 Å². The maximum atomic E-state index is 11.9. The average Bonchev–Trinajstić information content (AvgIpc) is 2.36. The van der Waals surface area contributed by atoms with E-state index >= 15 is 0 Å². The Bertz CT molecular complexity index is 474. The minimum Gasteiger partial charge on any atom is -0.462 e. The second-order valence-corrected chi connectivity index (χ2v) is 3.98. The highest BCUT2D eigenvalue weighted by molar-refractivity contribution is 5.97. The maximum Gasteiger partial charge on any atom is 0.340 e. The Morgan fingerprint density at radius 2 is 2.00 bits per heavy atom. The predicted molar refractivity (Wildman–Crippen MR) is 73.9 cm³/mol. The molecule has 1 rings (SSSR count). The largest absolute Gasteiger partial charge is 0.462 e. The van der Waals surface area contributed by atoms with Crippen molar-refractivity contribution in [1.29, 1.82) is 0 Å². The molecule has 0 aromatic heterocycles. The molecule has 0 aliphatic heterocycles. The molecule has 0 unspecified atom stereocenters. The van der Waals surface area contributed by atoms with Gasteiger partial charge in [0.05, 0.1) is 24.4 Å². The number of nitrogens with two attached hydrogens (primary N) is 2. The van der Waals surface area contributed by atoms with Crippen LogP contribution in [0.2, 0.25) is 0 Å². The van der Waals surface area contributed by atoms with E-state index in [1.165, 1.54) is 6.07 Å². The molecule has 0 spiro atoms. The smallest absolute Gasteiger partial charge is 0.340 e. The third-order valence-electron chi connectivity index (χ3n) is 2.59. The number of hydrogen-bond donors (Lipinski definition) is 2. The number of primary amides is 1. The Hall–Kier alpha value is -2.24. The van der Waals surface area contributed by atoms with Gasteiger partial charge in [-0.05, 0) is 32.0 Å². The van der Waals surface area contributed by atoms with E-state index in [4.69, 9.17) is 16.2 Å². The van der Waals surface area contributed by atoms with Crippen molar-refractivity contribution in [3.63, 3.8) is 0 Å². The highest BCUT2D eigenvalue weighted by atomic mass is 16.5. The third-order valence-corrected chi connectivity index (χ3v) is 2.59. The molecule has 6 nitrogen and oxygen atoms in total. The van der Waals surface area contributed by atoms with Crippen molar-refractivity contribution >= 4 is 23.3 Å². The molecular weight excluding hydrogens is 246 g/mol. The Balaban J connectivity index is 3.17. The lowest BCUT2D eigenvalue weighted by molar-refractivity contribution is -0.116. The molecule has 1 amide bonds. The monoisotopic (exact) mass is 265 g/mol. The molecule has 0 fully saturated rings. The predicted octanol–water partition coefficient (Wildman–Crippen LogP) is 0.757. The van der Waals surface area contributed by atoms with E-state index in [0.29, 0.717) is 23.5 Å². The lowest BCUT2D eigenvalue weighted by atomic mass is 10.1. The zero-order valence-corrected chi connectivity index (χ0v) is 11.2. The number of ether oxygens (including phenoxy) is 1. The van der Waals surface area contributed by atoms with Gasteiger partial charge in [0.1, 0.15) is 0 Å². The van der Waals surface area contributed by atoms with Crippen molar-refractivity contribution in [2.45, 2.75) is 13.8 Å². The van der Waals surface area contributed by atoms with Crippen LogP contribution in [-0.4, -0.2) is 31.6 Å². The van der Waals surface area contributed by atoms with Crippen LogP contribution in [0.5, 0.6) is 0 Å². The fourth-order valence-electron chi connectivity index (χ4n) is 1.76. The summed E-state index contributed by atoms with van der Waals surface area (Å²) in [5.41, 5.74) is 12.3. The standard InChI is InChI=1S/C13H19N3O3/c1-3-16(8-12(15)17)11-6-5-9(14)7-10(11)13(18)19-4-2/h5-7H,3-4,8,14H2,1-2H3,(H2,15,17). The second-order valence-electron chi connectivity index (χ2n) is 3.98. The van der Waals surface area contributed by atoms with Crippen molar-refractivity contribution in [2.75, 3.05) is 30.3 Å². The maximum absolute atomic E-state index is 11.9. The fourth-order valence-corrected chi connectivity index (χ4v) is 1.76. The van der Waals surface area contributed by atoms with Gasteiger partial charge in [0.15, 0.2) is 0 Å². The van der Waals surface area contributed by atoms with Crippen LogP contribution in [0, 0.1) is 0 Å². The van der Waals surface area contributed by atoms with Gasteiger partial charge in [-0.15, -0.1) is 0 Å². The van der Waals surface area contributed by atoms with Gasteiger partial charge >= 0.3 is 5.97 Å². The summed E-state index contributed by atoms with van der Waals surface area (Å²) in [4.78, 5) is 24.7. The fraction of sp³-hybridized carbons (Fsp3) is 0.385. The Morgan fingerprint density at radius 3 is 2.53 bits per heavy atom. The summed E-state index contributed by atoms with van der Waals surface area (Å²) < 4.78 is 4.99. The zero-order valence-electron chi connectivity index (χ0n) is 11.2. The van der Waals surface area contributed by atoms with Crippen LogP contribution < -0.4 is 16.4 Å². The molecule has 0 heterocycles. The molecule has 19 heavy (non-hydrogen) atoms. The number of hydrogen-bond acceptors (Lipinski definition) is 5. The number of carbonyl (C=O) groups excluding carboxylic acids is 2. The molecule has 6 heteroatoms. The summed E-state index contributed by atoms with van der Waals surface area (Å²) in [6.45, 7) is 4.44. The van der Waals surface area contributed by atoms with Crippen LogP contribution in [0.1, 0.15) is 24.2 Å². The van der Waals surface area contributed by atoms with E-state index in [1.807, 2.05) is 6.92 Å². The molecule has 0 aliphatic carbocycles. The molecule has 0 bridgehead atoms. The number of carbonyl (C=O) groups is 2. The number of esters is 1. The van der Waals surface area contributed by atoms with E-state index in [2.05, 4.69) is 0 Å². The molecule has 1 aromatic rings. The summed E-state index contributed by atoms with van der Waals surface area (Å²) in [6, 6.07) is 4.90. The van der Waals surface area contributed by atoms with E-state index in [1.54, 1.807) is 24.0 Å². The number of anilines is 2. The molecule has 104 valence electrons. The number of amides is 1. The normalized spacial score (nSPS) is 10.0. The third kappa shape index (κ3) is 3.87. The second kappa shape index (κ2) is 6.63. The molecule has 0 aliphatic rings. The zero-order chi connectivity index (χ0) is 14.4. The van der Waals surface area contributed by atoms with Crippen LogP contribution in [0.3, 0.4) is 0 Å². The van der Waals surface area contributed by atoms with Crippen LogP contribution in [-0.2, 0) is 9.53 Å². The number of likely N-dealkylation sites (N-methyl/N-ethyl adjacent to an activating group) is 1. The van der Waals surface area contributed by atoms with Gasteiger partial charge in [0.25, 0.3) is 0 Å². The van der Waals surface area contributed by atoms with Gasteiger partial charge in [-0.3, -0.25) is 4.79 Å². The van der Waals surface area contributed by atoms with E-state index < -0.39 is 11.9 Å². The van der Waals surface area contributed by atoms with Crippen molar-refractivity contribution in [3.8, 4) is 0 Å². The highest BCUT2D eigenvalue weighted by Gasteiger charge is 2.18. The summed E-state index contributed by atoms with van der Waals surface area (Å²) in [7, 11) is 0. The Morgan fingerprint density at radius 1 is 1.32 bits per heavy atom. The minimum atomic E-state index is -0.465. The van der Waals surface area contributed by atoms with Gasteiger partial charge in [0, 0.05) is 12.2 Å². The molecular formula is C13H19N3O3. The van der Waals surface area contributed by atoms with E-state index in [9.17, 15) is 9.59 Å². The Labute approximate surface area is 112 Å². The Kier molecular flexibility index (Phi) is 5.17. The molecule has 0 saturated carbocycles. The topological polar surface area (TPSA) is 98.7 Å². The number of nitrogen functional groups attached to an aromatic ring is 1. The first kappa shape index (κ1) is 14.8. The number of benzene rings is 1. The van der Waals surface area contributed by atoms with E-state index in [0.717, 1.165) is 0 Å². The first-order valence-electron chi connectivity index (χ1n) is 6.09. The molecule has 0 saturated heterocycles. The highest BCUT2D eigenvalue weighted by Crippen LogP contribution is 2.24. The van der Waals surface area contributed by atoms with Crippen molar-refractivity contribution in [2.24, 2.45) is 5.73 Å². The van der Waals surface area contributed by atoms with Gasteiger partial charge in [-0.1, -0.05) is 0 Å². The van der Waals surface area contributed by atoms with Crippen LogP contribution in [0.25, 0.3) is 0 Å². The molecule has 4 N–H and O–H groups in total. The average molecular weight is 265 g/mol. The minimum absolute atomic E-state index is 0.0345. The van der Waals surface area contributed by atoms with Gasteiger partial charge in [-0.2, -0.15) is 0 Å². The SMILES string of the molecule is CCOC(=O)c1cc(N)ccc1N(CC)CC(N)=O. The van der Waals surface area contributed by atoms with Gasteiger partial charge in [-0.25, -0.2) is 4.79 Å². The number of nitrogens with zero attached hydrogens (tertiary/aromatic N) is 1. The van der Waals surface area contributed by atoms with Crippen LogP contribution >= 0.6 is 0 Å². The summed E-state index contributed by atoms with van der Waals surface area (Å²) in [5.74, 6) is -0.929. The quantitative estimate of drug-likeness (QED) is 0.584. The van der Waals surface area contributed by atoms with Crippen LogP contribution in [0.4, 0.5) is 11.4 Å².